The molecule has 4 aromatic rings. The zero-order valence-corrected chi connectivity index (χ0v) is 17.5. The van der Waals surface area contributed by atoms with Crippen molar-refractivity contribution >= 4 is 27.2 Å². The van der Waals surface area contributed by atoms with Gasteiger partial charge in [0.2, 0.25) is 10.0 Å². The third-order valence-electron chi connectivity index (χ3n) is 4.60. The van der Waals surface area contributed by atoms with E-state index in [1.54, 1.807) is 40.9 Å². The highest BCUT2D eigenvalue weighted by Crippen LogP contribution is 2.27. The summed E-state index contributed by atoms with van der Waals surface area (Å²) in [7, 11) is -0.538. The Morgan fingerprint density at radius 2 is 1.73 bits per heavy atom. The first-order chi connectivity index (χ1) is 14.3. The maximum atomic E-state index is 14.3. The number of hydrogen-bond acceptors (Lipinski definition) is 5. The molecule has 2 aromatic heterocycles. The second-order valence-corrected chi connectivity index (χ2v) is 9.15. The number of fused-ring (bicyclic) bond motifs is 1. The normalized spacial score (nSPS) is 11.9. The predicted octanol–water partition coefficient (Wildman–Crippen LogP) is 3.84. The maximum absolute atomic E-state index is 14.3. The van der Waals surface area contributed by atoms with Gasteiger partial charge in [0.15, 0.2) is 5.65 Å². The van der Waals surface area contributed by atoms with E-state index in [1.807, 2.05) is 13.0 Å². The minimum Gasteiger partial charge on any atom is -0.340 e. The molecule has 0 unspecified atom stereocenters. The average Bonchev–Trinajstić information content (AvgIpc) is 3.09. The maximum Gasteiger partial charge on any atom is 0.242 e. The minimum absolute atomic E-state index is 0.194. The number of halogens is 1. The molecular formula is C21H20FN5O2S. The van der Waals surface area contributed by atoms with Crippen LogP contribution in [-0.2, 0) is 10.0 Å². The molecule has 2 aromatic carbocycles. The van der Waals surface area contributed by atoms with E-state index >= 15 is 0 Å². The zero-order valence-electron chi connectivity index (χ0n) is 16.7. The lowest BCUT2D eigenvalue weighted by Crippen LogP contribution is -2.22. The molecule has 9 heteroatoms. The lowest BCUT2D eigenvalue weighted by atomic mass is 10.1. The van der Waals surface area contributed by atoms with Gasteiger partial charge < -0.3 is 5.32 Å². The van der Waals surface area contributed by atoms with Gasteiger partial charge in [0, 0.05) is 37.5 Å². The molecule has 0 radical (unpaired) electrons. The Hall–Kier alpha value is -3.30. The van der Waals surface area contributed by atoms with Crippen LogP contribution in [0.3, 0.4) is 0 Å². The van der Waals surface area contributed by atoms with Gasteiger partial charge in [-0.15, -0.1) is 0 Å². The molecule has 0 spiro atoms. The quantitative estimate of drug-likeness (QED) is 0.526. The molecule has 7 nitrogen and oxygen atoms in total. The molecule has 0 aliphatic rings. The highest BCUT2D eigenvalue weighted by Gasteiger charge is 2.17. The number of anilines is 2. The molecule has 0 aliphatic heterocycles. The fraction of sp³-hybridized carbons (Fsp3) is 0.143. The summed E-state index contributed by atoms with van der Waals surface area (Å²) in [5, 5.41) is 7.67. The van der Waals surface area contributed by atoms with E-state index in [-0.39, 0.29) is 10.7 Å². The first kappa shape index (κ1) is 20.0. The number of nitrogens with zero attached hydrogens (tertiary/aromatic N) is 4. The van der Waals surface area contributed by atoms with Crippen LogP contribution >= 0.6 is 0 Å². The van der Waals surface area contributed by atoms with E-state index in [4.69, 9.17) is 0 Å². The van der Waals surface area contributed by atoms with Crippen LogP contribution in [0.25, 0.3) is 16.9 Å². The van der Waals surface area contributed by atoms with Crippen molar-refractivity contribution in [2.24, 2.45) is 0 Å². The van der Waals surface area contributed by atoms with Crippen LogP contribution in [0, 0.1) is 12.7 Å². The molecule has 0 amide bonds. The minimum atomic E-state index is -3.51. The molecule has 4 rings (SSSR count). The van der Waals surface area contributed by atoms with Gasteiger partial charge in [0.1, 0.15) is 11.6 Å². The molecule has 0 aliphatic carbocycles. The van der Waals surface area contributed by atoms with Crippen LogP contribution < -0.4 is 5.32 Å². The summed E-state index contributed by atoms with van der Waals surface area (Å²) in [4.78, 5) is 4.73. The van der Waals surface area contributed by atoms with Crippen molar-refractivity contribution in [2.45, 2.75) is 11.8 Å². The Morgan fingerprint density at radius 1 is 1.03 bits per heavy atom. The predicted molar refractivity (Wildman–Crippen MR) is 114 cm³/mol. The van der Waals surface area contributed by atoms with Gasteiger partial charge in [-0.25, -0.2) is 22.1 Å². The van der Waals surface area contributed by atoms with Crippen molar-refractivity contribution in [3.63, 3.8) is 0 Å². The van der Waals surface area contributed by atoms with E-state index in [1.165, 1.54) is 32.3 Å². The number of benzene rings is 2. The first-order valence-electron chi connectivity index (χ1n) is 9.17. The molecule has 30 heavy (non-hydrogen) atoms. The molecule has 0 saturated carbocycles. The van der Waals surface area contributed by atoms with Crippen LogP contribution in [0.2, 0.25) is 0 Å². The highest BCUT2D eigenvalue weighted by molar-refractivity contribution is 7.89. The Kier molecular flexibility index (Phi) is 5.00. The summed E-state index contributed by atoms with van der Waals surface area (Å²) in [6.07, 6.45) is 0. The summed E-state index contributed by atoms with van der Waals surface area (Å²) < 4.78 is 41.6. The summed E-state index contributed by atoms with van der Waals surface area (Å²) in [6.45, 7) is 1.85. The average molecular weight is 425 g/mol. The number of aromatic nitrogens is 3. The van der Waals surface area contributed by atoms with Crippen molar-refractivity contribution in [1.82, 2.24) is 18.9 Å². The Labute approximate surface area is 173 Å². The monoisotopic (exact) mass is 425 g/mol. The number of nitrogens with one attached hydrogen (secondary N) is 1. The molecule has 2 heterocycles. The van der Waals surface area contributed by atoms with Gasteiger partial charge in [-0.2, -0.15) is 9.61 Å². The first-order valence-corrected chi connectivity index (χ1v) is 10.6. The molecular weight excluding hydrogens is 405 g/mol. The SMILES string of the molecule is Cc1cc2nc(-c3ccccc3F)cc(Nc3ccc(S(=O)(=O)N(C)C)cc3)n2n1. The number of aryl methyl sites for hydroxylation is 1. The third-order valence-corrected chi connectivity index (χ3v) is 6.43. The van der Waals surface area contributed by atoms with Gasteiger partial charge in [0.05, 0.1) is 16.3 Å². The summed E-state index contributed by atoms with van der Waals surface area (Å²) in [6, 6.07) is 16.4. The zero-order chi connectivity index (χ0) is 21.5. The van der Waals surface area contributed by atoms with Gasteiger partial charge in [-0.1, -0.05) is 12.1 Å². The van der Waals surface area contributed by atoms with Gasteiger partial charge in [-0.3, -0.25) is 0 Å². The van der Waals surface area contributed by atoms with E-state index in [0.29, 0.717) is 28.4 Å². The number of rotatable bonds is 5. The van der Waals surface area contributed by atoms with Crippen LogP contribution in [0.4, 0.5) is 15.9 Å². The lowest BCUT2D eigenvalue weighted by Gasteiger charge is -2.13. The van der Waals surface area contributed by atoms with Crippen LogP contribution in [0.15, 0.2) is 65.6 Å². The van der Waals surface area contributed by atoms with Crippen molar-refractivity contribution in [3.05, 3.63) is 72.2 Å². The lowest BCUT2D eigenvalue weighted by molar-refractivity contribution is 0.521. The molecule has 0 saturated heterocycles. The van der Waals surface area contributed by atoms with E-state index in [0.717, 1.165) is 10.00 Å². The van der Waals surface area contributed by atoms with E-state index in [2.05, 4.69) is 15.4 Å². The van der Waals surface area contributed by atoms with Crippen LogP contribution in [0.5, 0.6) is 0 Å². The van der Waals surface area contributed by atoms with Crippen molar-refractivity contribution in [1.29, 1.82) is 0 Å². The summed E-state index contributed by atoms with van der Waals surface area (Å²) in [5.41, 5.74) is 2.85. The number of hydrogen-bond donors (Lipinski definition) is 1. The Balaban J connectivity index is 1.76. The fourth-order valence-corrected chi connectivity index (χ4v) is 3.96. The Morgan fingerprint density at radius 3 is 2.40 bits per heavy atom. The summed E-state index contributed by atoms with van der Waals surface area (Å²) >= 11 is 0. The summed E-state index contributed by atoms with van der Waals surface area (Å²) in [5.74, 6) is 0.212. The topological polar surface area (TPSA) is 79.6 Å². The molecule has 0 bridgehead atoms. The van der Waals surface area contributed by atoms with Crippen LogP contribution in [0.1, 0.15) is 5.69 Å². The van der Waals surface area contributed by atoms with Crippen molar-refractivity contribution in [2.75, 3.05) is 19.4 Å². The second kappa shape index (κ2) is 7.51. The molecule has 1 N–H and O–H groups in total. The molecule has 0 atom stereocenters. The van der Waals surface area contributed by atoms with Gasteiger partial charge >= 0.3 is 0 Å². The van der Waals surface area contributed by atoms with E-state index in [9.17, 15) is 12.8 Å². The largest absolute Gasteiger partial charge is 0.340 e. The second-order valence-electron chi connectivity index (χ2n) is 7.00. The molecule has 154 valence electrons. The van der Waals surface area contributed by atoms with E-state index < -0.39 is 10.0 Å². The van der Waals surface area contributed by atoms with Crippen LogP contribution in [-0.4, -0.2) is 41.4 Å². The Bertz CT molecular complexity index is 1330. The van der Waals surface area contributed by atoms with Crippen molar-refractivity contribution in [3.8, 4) is 11.3 Å². The number of sulfonamides is 1. The standard InChI is InChI=1S/C21H20FN5O2S/c1-14-12-20-24-19(17-6-4-5-7-18(17)22)13-21(27(20)25-14)23-15-8-10-16(11-9-15)30(28,29)26(2)3/h4-13,23H,1-3H3. The fourth-order valence-electron chi connectivity index (χ4n) is 3.05. The third kappa shape index (κ3) is 3.64. The smallest absolute Gasteiger partial charge is 0.242 e. The molecule has 0 fully saturated rings. The highest BCUT2D eigenvalue weighted by atomic mass is 32.2. The van der Waals surface area contributed by atoms with Gasteiger partial charge in [-0.05, 0) is 43.3 Å². The van der Waals surface area contributed by atoms with Crippen molar-refractivity contribution < 1.29 is 12.8 Å². The van der Waals surface area contributed by atoms with Gasteiger partial charge in [0.25, 0.3) is 0 Å².